The highest BCUT2D eigenvalue weighted by Crippen LogP contribution is 2.25. The van der Waals surface area contributed by atoms with Crippen LogP contribution in [0.1, 0.15) is 25.7 Å². The van der Waals surface area contributed by atoms with Crippen molar-refractivity contribution in [2.45, 2.75) is 25.7 Å². The summed E-state index contributed by atoms with van der Waals surface area (Å²) in [6.45, 7) is 2.69. The number of aromatic nitrogens is 2. The largest absolute Gasteiger partial charge is 0.491 e. The maximum Gasteiger partial charge on any atom is 0.271 e. The Morgan fingerprint density at radius 3 is 2.77 bits per heavy atom. The predicted molar refractivity (Wildman–Crippen MR) is 116 cm³/mol. The molecule has 1 aromatic heterocycles. The number of hydrogen-bond donors (Lipinski definition) is 1. The van der Waals surface area contributed by atoms with Crippen LogP contribution in [0.5, 0.6) is 5.75 Å². The Morgan fingerprint density at radius 1 is 1.13 bits per heavy atom. The number of halogens is 1. The van der Waals surface area contributed by atoms with Gasteiger partial charge in [0.2, 0.25) is 0 Å². The van der Waals surface area contributed by atoms with E-state index in [0.29, 0.717) is 29.5 Å². The predicted octanol–water partition coefficient (Wildman–Crippen LogP) is 4.20. The van der Waals surface area contributed by atoms with Gasteiger partial charge in [-0.05, 0) is 81.1 Å². The Bertz CT molecular complexity index is 1030. The molecule has 1 N–H and O–H groups in total. The van der Waals surface area contributed by atoms with Crippen molar-refractivity contribution >= 4 is 0 Å². The number of benzene rings is 2. The average molecular weight is 407 g/mol. The quantitative estimate of drug-likeness (QED) is 0.597. The van der Waals surface area contributed by atoms with Crippen molar-refractivity contribution in [2.24, 2.45) is 5.92 Å². The van der Waals surface area contributed by atoms with Crippen molar-refractivity contribution in [2.75, 3.05) is 19.7 Å². The third kappa shape index (κ3) is 4.94. The maximum absolute atomic E-state index is 14.6. The molecule has 1 aliphatic rings. The van der Waals surface area contributed by atoms with Crippen LogP contribution in [0.2, 0.25) is 0 Å². The highest BCUT2D eigenvalue weighted by atomic mass is 19.1. The summed E-state index contributed by atoms with van der Waals surface area (Å²) in [7, 11) is 0. The van der Waals surface area contributed by atoms with Crippen LogP contribution in [-0.2, 0) is 0 Å². The number of piperidine rings is 1. The van der Waals surface area contributed by atoms with Crippen LogP contribution in [0.15, 0.2) is 65.5 Å². The van der Waals surface area contributed by atoms with Crippen LogP contribution >= 0.6 is 0 Å². The number of hydrogen-bond acceptors (Lipinski definition) is 4. The average Bonchev–Trinajstić information content (AvgIpc) is 2.79. The molecule has 4 rings (SSSR count). The highest BCUT2D eigenvalue weighted by Gasteiger charge is 2.13. The van der Waals surface area contributed by atoms with Crippen molar-refractivity contribution in [1.29, 1.82) is 0 Å². The molecule has 2 aromatic carbocycles. The van der Waals surface area contributed by atoms with E-state index >= 15 is 0 Å². The summed E-state index contributed by atoms with van der Waals surface area (Å²) in [5.41, 5.74) is 1.54. The second kappa shape index (κ2) is 9.67. The number of para-hydroxylation sites is 1. The summed E-state index contributed by atoms with van der Waals surface area (Å²) in [6.07, 6.45) is 4.50. The van der Waals surface area contributed by atoms with E-state index in [9.17, 15) is 9.18 Å². The summed E-state index contributed by atoms with van der Waals surface area (Å²) in [4.78, 5) is 12.2. The van der Waals surface area contributed by atoms with Crippen molar-refractivity contribution in [3.05, 3.63) is 76.8 Å². The maximum atomic E-state index is 14.6. The van der Waals surface area contributed by atoms with Crippen LogP contribution in [-0.4, -0.2) is 29.5 Å². The van der Waals surface area contributed by atoms with Gasteiger partial charge in [-0.15, -0.1) is 0 Å². The number of nitrogens with zero attached hydrogens (tertiary/aromatic N) is 2. The standard InChI is InChI=1S/C24H26FN3O2/c25-21-16-19(10-12-23(21)30-15-5-7-18-6-4-14-26-17-18)22-11-13-24(29)28(27-22)20-8-2-1-3-9-20/h1-3,8-13,16,18,26H,4-7,14-15,17H2. The zero-order valence-electron chi connectivity index (χ0n) is 16.9. The molecule has 5 nitrogen and oxygen atoms in total. The number of nitrogens with one attached hydrogen (secondary N) is 1. The Labute approximate surface area is 175 Å². The van der Waals surface area contributed by atoms with Crippen LogP contribution in [0.4, 0.5) is 4.39 Å². The number of rotatable bonds is 7. The fourth-order valence-corrected chi connectivity index (χ4v) is 3.82. The molecule has 1 saturated heterocycles. The molecule has 0 aliphatic carbocycles. The zero-order chi connectivity index (χ0) is 20.8. The van der Waals surface area contributed by atoms with Crippen LogP contribution in [0.25, 0.3) is 16.9 Å². The molecule has 6 heteroatoms. The van der Waals surface area contributed by atoms with Gasteiger partial charge < -0.3 is 10.1 Å². The molecular formula is C24H26FN3O2. The Balaban J connectivity index is 1.42. The molecule has 3 aromatic rings. The third-order valence-electron chi connectivity index (χ3n) is 5.44. The third-order valence-corrected chi connectivity index (χ3v) is 5.44. The van der Waals surface area contributed by atoms with E-state index in [-0.39, 0.29) is 11.3 Å². The van der Waals surface area contributed by atoms with Gasteiger partial charge >= 0.3 is 0 Å². The lowest BCUT2D eigenvalue weighted by atomic mass is 9.95. The van der Waals surface area contributed by atoms with Gasteiger partial charge in [-0.1, -0.05) is 18.2 Å². The molecule has 1 atom stereocenters. The first-order valence-corrected chi connectivity index (χ1v) is 10.5. The lowest BCUT2D eigenvalue weighted by Crippen LogP contribution is -2.29. The SMILES string of the molecule is O=c1ccc(-c2ccc(OCCCC3CCCNC3)c(F)c2)nn1-c1ccccc1. The van der Waals surface area contributed by atoms with E-state index in [1.165, 1.54) is 29.7 Å². The Morgan fingerprint density at radius 2 is 2.00 bits per heavy atom. The first-order chi connectivity index (χ1) is 14.7. The van der Waals surface area contributed by atoms with Crippen LogP contribution in [0, 0.1) is 11.7 Å². The smallest absolute Gasteiger partial charge is 0.271 e. The lowest BCUT2D eigenvalue weighted by Gasteiger charge is -2.22. The van der Waals surface area contributed by atoms with E-state index in [2.05, 4.69) is 10.4 Å². The Kier molecular flexibility index (Phi) is 6.54. The van der Waals surface area contributed by atoms with Gasteiger partial charge in [0.1, 0.15) is 0 Å². The summed E-state index contributed by atoms with van der Waals surface area (Å²) in [5.74, 6) is 0.518. The molecule has 1 aliphatic heterocycles. The van der Waals surface area contributed by atoms with Crippen molar-refractivity contribution in [3.8, 4) is 22.7 Å². The van der Waals surface area contributed by atoms with Crippen LogP contribution in [0.3, 0.4) is 0 Å². The van der Waals surface area contributed by atoms with E-state index < -0.39 is 5.82 Å². The minimum atomic E-state index is -0.425. The molecule has 0 amide bonds. The van der Waals surface area contributed by atoms with E-state index in [0.717, 1.165) is 25.9 Å². The summed E-state index contributed by atoms with van der Waals surface area (Å²) >= 11 is 0. The molecule has 156 valence electrons. The first kappa shape index (κ1) is 20.3. The van der Waals surface area contributed by atoms with Gasteiger partial charge in [0.15, 0.2) is 11.6 Å². The van der Waals surface area contributed by atoms with E-state index in [1.54, 1.807) is 30.3 Å². The second-order valence-electron chi connectivity index (χ2n) is 7.65. The van der Waals surface area contributed by atoms with Gasteiger partial charge in [-0.2, -0.15) is 9.78 Å². The van der Waals surface area contributed by atoms with Gasteiger partial charge in [0.25, 0.3) is 5.56 Å². The number of ether oxygens (including phenoxy) is 1. The van der Waals surface area contributed by atoms with Crippen LogP contribution < -0.4 is 15.6 Å². The highest BCUT2D eigenvalue weighted by molar-refractivity contribution is 5.60. The van der Waals surface area contributed by atoms with Gasteiger partial charge in [0.05, 0.1) is 18.0 Å². The fraction of sp³-hybridized carbons (Fsp3) is 0.333. The molecular weight excluding hydrogens is 381 g/mol. The van der Waals surface area contributed by atoms with Crippen molar-refractivity contribution in [1.82, 2.24) is 15.1 Å². The molecule has 0 bridgehead atoms. The molecule has 30 heavy (non-hydrogen) atoms. The lowest BCUT2D eigenvalue weighted by molar-refractivity contribution is 0.266. The monoisotopic (exact) mass is 407 g/mol. The Hall–Kier alpha value is -2.99. The molecule has 2 heterocycles. The summed E-state index contributed by atoms with van der Waals surface area (Å²) in [5, 5.41) is 7.82. The molecule has 1 fully saturated rings. The van der Waals surface area contributed by atoms with E-state index in [1.807, 2.05) is 18.2 Å². The van der Waals surface area contributed by atoms with Gasteiger partial charge in [-0.3, -0.25) is 4.79 Å². The minimum Gasteiger partial charge on any atom is -0.491 e. The zero-order valence-corrected chi connectivity index (χ0v) is 16.9. The topological polar surface area (TPSA) is 56.1 Å². The minimum absolute atomic E-state index is 0.237. The first-order valence-electron chi connectivity index (χ1n) is 10.5. The van der Waals surface area contributed by atoms with E-state index in [4.69, 9.17) is 4.74 Å². The summed E-state index contributed by atoms with van der Waals surface area (Å²) in [6, 6.07) is 17.0. The van der Waals surface area contributed by atoms with Crippen molar-refractivity contribution in [3.63, 3.8) is 0 Å². The normalized spacial score (nSPS) is 16.4. The molecule has 0 saturated carbocycles. The summed E-state index contributed by atoms with van der Waals surface area (Å²) < 4.78 is 21.6. The molecule has 1 unspecified atom stereocenters. The fourth-order valence-electron chi connectivity index (χ4n) is 3.82. The molecule has 0 spiro atoms. The molecule has 0 radical (unpaired) electrons. The second-order valence-corrected chi connectivity index (χ2v) is 7.65. The van der Waals surface area contributed by atoms with Crippen molar-refractivity contribution < 1.29 is 9.13 Å². The van der Waals surface area contributed by atoms with Gasteiger partial charge in [0, 0.05) is 11.6 Å². The van der Waals surface area contributed by atoms with Gasteiger partial charge in [-0.25, -0.2) is 4.39 Å².